The highest BCUT2D eigenvalue weighted by molar-refractivity contribution is 8.00. The van der Waals surface area contributed by atoms with Gasteiger partial charge in [-0.15, -0.1) is 0 Å². The predicted octanol–water partition coefficient (Wildman–Crippen LogP) is 6.11. The maximum Gasteiger partial charge on any atom is 0.315 e. The smallest absolute Gasteiger partial charge is 0.315 e. The van der Waals surface area contributed by atoms with Gasteiger partial charge in [-0.05, 0) is 95.2 Å². The number of hydrogen-bond acceptors (Lipinski definition) is 16. The van der Waals surface area contributed by atoms with Crippen LogP contribution in [0.15, 0.2) is 18.2 Å². The van der Waals surface area contributed by atoms with Crippen molar-refractivity contribution in [2.75, 3.05) is 104 Å². The average Bonchev–Trinajstić information content (AvgIpc) is 4.19. The molecule has 5 amide bonds. The van der Waals surface area contributed by atoms with Gasteiger partial charge in [0.05, 0.1) is 77.0 Å². The van der Waals surface area contributed by atoms with Crippen molar-refractivity contribution in [3.8, 4) is 0 Å². The number of nitrogens with two attached hydrogens (primary N) is 1. The minimum atomic E-state index is -0.391. The second-order valence-corrected chi connectivity index (χ2v) is 22.5. The molecular formula is C55H88N6O13S2. The third kappa shape index (κ3) is 25.0. The van der Waals surface area contributed by atoms with Gasteiger partial charge in [0.15, 0.2) is 11.6 Å². The van der Waals surface area contributed by atoms with Crippen LogP contribution in [0.3, 0.4) is 0 Å². The molecule has 4 aliphatic heterocycles. The van der Waals surface area contributed by atoms with Crippen molar-refractivity contribution in [1.82, 2.24) is 26.6 Å². The third-order valence-electron chi connectivity index (χ3n) is 13.9. The van der Waals surface area contributed by atoms with E-state index in [2.05, 4.69) is 26.6 Å². The summed E-state index contributed by atoms with van der Waals surface area (Å²) < 4.78 is 33.9. The molecule has 0 aromatic heterocycles. The van der Waals surface area contributed by atoms with E-state index in [4.69, 9.17) is 34.2 Å². The molecule has 0 bridgehead atoms. The van der Waals surface area contributed by atoms with Crippen LogP contribution in [0.25, 0.3) is 0 Å². The number of nitrogens with one attached hydrogen (secondary N) is 5. The van der Waals surface area contributed by atoms with E-state index in [0.717, 1.165) is 75.7 Å². The Morgan fingerprint density at radius 3 is 1.18 bits per heavy atom. The molecular weight excluding hydrogens is 1020 g/mol. The zero-order chi connectivity index (χ0) is 54.0. The zero-order valence-electron chi connectivity index (χ0n) is 44.9. The third-order valence-corrected chi connectivity index (χ3v) is 16.9. The Hall–Kier alpha value is -3.67. The Morgan fingerprint density at radius 1 is 0.461 bits per heavy atom. The monoisotopic (exact) mass is 1100 g/mol. The molecule has 5 rings (SSSR count). The number of fused-ring (bicyclic) bond motifs is 2. The molecule has 19 nitrogen and oxygen atoms in total. The SMILES string of the molecule is NCCNC(=O)c1cc(C(=O)CCCCOCCOCCOCCCCC(=O)CCCCC2SCC3NC(=O)NC32)cc(C(=O)CCCCOCCOCCOCCCCC(=O)CCCCC2SCC3NC(=O)NC32)c1. The van der Waals surface area contributed by atoms with Gasteiger partial charge in [-0.1, -0.05) is 12.8 Å². The first-order chi connectivity index (χ1) is 37.1. The lowest BCUT2D eigenvalue weighted by Gasteiger charge is -2.16. The fourth-order valence-corrected chi connectivity index (χ4v) is 12.7. The first kappa shape index (κ1) is 63.2. The fraction of sp³-hybridized carbons (Fsp3) is 0.764. The number of carbonyl (C=O) groups is 7. The molecule has 0 saturated carbocycles. The minimum absolute atomic E-state index is 0.0627. The van der Waals surface area contributed by atoms with Crippen LogP contribution >= 0.6 is 23.5 Å². The number of amides is 5. The van der Waals surface area contributed by atoms with Crippen LogP contribution in [0.5, 0.6) is 0 Å². The number of ether oxygens (including phenoxy) is 6. The van der Waals surface area contributed by atoms with E-state index in [-0.39, 0.29) is 79.3 Å². The maximum atomic E-state index is 13.3. The zero-order valence-corrected chi connectivity index (χ0v) is 46.5. The van der Waals surface area contributed by atoms with E-state index < -0.39 is 5.91 Å². The summed E-state index contributed by atoms with van der Waals surface area (Å²) in [5, 5.41) is 15.6. The highest BCUT2D eigenvalue weighted by Crippen LogP contribution is 2.34. The predicted molar refractivity (Wildman–Crippen MR) is 295 cm³/mol. The van der Waals surface area contributed by atoms with Crippen molar-refractivity contribution in [3.05, 3.63) is 34.9 Å². The average molecular weight is 1110 g/mol. The van der Waals surface area contributed by atoms with Gasteiger partial charge in [0.25, 0.3) is 5.91 Å². The maximum absolute atomic E-state index is 13.3. The molecule has 1 aromatic carbocycles. The Labute approximate surface area is 458 Å². The quantitative estimate of drug-likeness (QED) is 0.0244. The normalized spacial score (nSPS) is 20.4. The summed E-state index contributed by atoms with van der Waals surface area (Å²) in [5.74, 6) is 1.82. The van der Waals surface area contributed by atoms with Crippen molar-refractivity contribution < 1.29 is 62.0 Å². The number of hydrogen-bond donors (Lipinski definition) is 6. The number of unbranched alkanes of at least 4 members (excludes halogenated alkanes) is 6. The van der Waals surface area contributed by atoms with Crippen LogP contribution in [-0.2, 0) is 38.0 Å². The van der Waals surface area contributed by atoms with Gasteiger partial charge in [0, 0.05) is 117 Å². The van der Waals surface area contributed by atoms with E-state index in [1.165, 1.54) is 12.1 Å². The molecule has 4 aliphatic rings. The summed E-state index contributed by atoms with van der Waals surface area (Å²) in [6.07, 6.45) is 14.5. The second kappa shape index (κ2) is 38.0. The standard InChI is InChI=1S/C55H88N6O13S2/c56-21-22-57-53(66)42-36-40(47(64)17-7-11-25-71-29-33-73-31-27-69-23-9-5-15-43(62)13-1-3-19-49-51-45(38-75-49)58-54(67)60-51)35-41(37-42)48(65)18-8-12-26-72-30-34-74-32-28-70-24-10-6-16-44(63)14-2-4-20-50-52-46(39-76-50)59-55(68)61-52/h35-37,45-46,49-52H,1-34,38-39,56H2,(H,57,66)(H2,58,60,67)(H2,59,61,68). The molecule has 0 aliphatic carbocycles. The van der Waals surface area contributed by atoms with Crippen LogP contribution < -0.4 is 32.3 Å². The van der Waals surface area contributed by atoms with Crippen LogP contribution in [0.1, 0.15) is 159 Å². The number of thioether (sulfide) groups is 2. The molecule has 1 aromatic rings. The van der Waals surface area contributed by atoms with Gasteiger partial charge >= 0.3 is 12.1 Å². The largest absolute Gasteiger partial charge is 0.379 e. The van der Waals surface area contributed by atoms with Crippen molar-refractivity contribution in [3.63, 3.8) is 0 Å². The van der Waals surface area contributed by atoms with Gasteiger partial charge < -0.3 is 60.7 Å². The molecule has 0 radical (unpaired) electrons. The molecule has 4 heterocycles. The van der Waals surface area contributed by atoms with Crippen molar-refractivity contribution >= 4 is 64.6 Å². The summed E-state index contributed by atoms with van der Waals surface area (Å²) in [4.78, 5) is 87.1. The first-order valence-electron chi connectivity index (χ1n) is 28.2. The summed E-state index contributed by atoms with van der Waals surface area (Å²) in [5.41, 5.74) is 6.47. The van der Waals surface area contributed by atoms with Crippen LogP contribution in [-0.4, -0.2) is 180 Å². The highest BCUT2D eigenvalue weighted by Gasteiger charge is 2.43. The number of urea groups is 2. The lowest BCUT2D eigenvalue weighted by Crippen LogP contribution is -2.36. The van der Waals surface area contributed by atoms with Gasteiger partial charge in [-0.3, -0.25) is 24.0 Å². The molecule has 76 heavy (non-hydrogen) atoms. The number of rotatable bonds is 47. The number of carbonyl (C=O) groups excluding carboxylic acids is 7. The summed E-state index contributed by atoms with van der Waals surface area (Å²) in [6, 6.07) is 5.45. The molecule has 0 spiro atoms. The van der Waals surface area contributed by atoms with Crippen molar-refractivity contribution in [1.29, 1.82) is 0 Å². The molecule has 4 saturated heterocycles. The number of benzene rings is 1. The van der Waals surface area contributed by atoms with E-state index in [0.29, 0.717) is 164 Å². The van der Waals surface area contributed by atoms with E-state index in [1.54, 1.807) is 6.07 Å². The Balaban J connectivity index is 0.791. The van der Waals surface area contributed by atoms with E-state index in [1.807, 2.05) is 23.5 Å². The topological polar surface area (TPSA) is 261 Å². The lowest BCUT2D eigenvalue weighted by molar-refractivity contribution is -0.120. The Kier molecular flexibility index (Phi) is 31.6. The number of Topliss-reactive ketones (excluding diaryl/α,β-unsaturated/α-hetero) is 4. The summed E-state index contributed by atoms with van der Waals surface area (Å²) in [7, 11) is 0. The van der Waals surface area contributed by atoms with Crippen LogP contribution in [0.4, 0.5) is 9.59 Å². The van der Waals surface area contributed by atoms with E-state index in [9.17, 15) is 33.6 Å². The van der Waals surface area contributed by atoms with Gasteiger partial charge in [0.1, 0.15) is 11.6 Å². The van der Waals surface area contributed by atoms with Crippen molar-refractivity contribution in [2.24, 2.45) is 5.73 Å². The Morgan fingerprint density at radius 2 is 0.803 bits per heavy atom. The van der Waals surface area contributed by atoms with Gasteiger partial charge in [-0.2, -0.15) is 23.5 Å². The molecule has 428 valence electrons. The second-order valence-electron chi connectivity index (χ2n) is 20.0. The molecule has 7 N–H and O–H groups in total. The van der Waals surface area contributed by atoms with Gasteiger partial charge in [-0.25, -0.2) is 9.59 Å². The summed E-state index contributed by atoms with van der Waals surface area (Å²) >= 11 is 3.82. The Bertz CT molecular complexity index is 1810. The summed E-state index contributed by atoms with van der Waals surface area (Å²) in [6.45, 7) is 6.21. The van der Waals surface area contributed by atoms with Crippen LogP contribution in [0, 0.1) is 0 Å². The first-order valence-corrected chi connectivity index (χ1v) is 30.3. The molecule has 21 heteroatoms. The minimum Gasteiger partial charge on any atom is -0.379 e. The van der Waals surface area contributed by atoms with E-state index >= 15 is 0 Å². The molecule has 6 atom stereocenters. The number of ketones is 4. The lowest BCUT2D eigenvalue weighted by atomic mass is 9.96. The fourth-order valence-electron chi connectivity index (χ4n) is 9.64. The van der Waals surface area contributed by atoms with Crippen LogP contribution in [0.2, 0.25) is 0 Å². The molecule has 4 fully saturated rings. The highest BCUT2D eigenvalue weighted by atomic mass is 32.2. The van der Waals surface area contributed by atoms with Gasteiger partial charge in [0.2, 0.25) is 0 Å². The van der Waals surface area contributed by atoms with Crippen molar-refractivity contribution in [2.45, 2.75) is 163 Å². The molecule has 6 unspecified atom stereocenters.